The number of benzene rings is 2. The third kappa shape index (κ3) is 3.01. The lowest BCUT2D eigenvalue weighted by Crippen LogP contribution is -2.26. The first-order valence-corrected chi connectivity index (χ1v) is 7.98. The smallest absolute Gasteiger partial charge is 0.316 e. The number of rotatable bonds is 4. The highest BCUT2D eigenvalue weighted by molar-refractivity contribution is 5.90. The van der Waals surface area contributed by atoms with Crippen LogP contribution in [-0.4, -0.2) is 21.0 Å². The van der Waals surface area contributed by atoms with Crippen molar-refractivity contribution in [3.05, 3.63) is 72.2 Å². The molecule has 2 heterocycles. The predicted octanol–water partition coefficient (Wildman–Crippen LogP) is 3.71. The van der Waals surface area contributed by atoms with Crippen molar-refractivity contribution in [1.82, 2.24) is 20.4 Å². The van der Waals surface area contributed by atoms with Crippen LogP contribution in [0.1, 0.15) is 29.2 Å². The van der Waals surface area contributed by atoms with Crippen LogP contribution in [0, 0.1) is 0 Å². The van der Waals surface area contributed by atoms with E-state index in [4.69, 9.17) is 4.52 Å². The van der Waals surface area contributed by atoms with Gasteiger partial charge in [-0.3, -0.25) is 4.79 Å². The molecule has 2 aromatic heterocycles. The number of H-pyrrole nitrogens is 1. The Balaban J connectivity index is 1.53. The largest absolute Gasteiger partial charge is 0.361 e. The maximum atomic E-state index is 12.3. The van der Waals surface area contributed by atoms with Crippen molar-refractivity contribution in [3.63, 3.8) is 0 Å². The normalized spacial score (nSPS) is 12.2. The number of nitrogens with zero attached hydrogens (tertiary/aromatic N) is 2. The average Bonchev–Trinajstić information content (AvgIpc) is 3.31. The molecule has 0 aliphatic heterocycles. The van der Waals surface area contributed by atoms with Gasteiger partial charge in [0, 0.05) is 17.3 Å². The van der Waals surface area contributed by atoms with Crippen molar-refractivity contribution in [2.45, 2.75) is 13.0 Å². The zero-order chi connectivity index (χ0) is 17.2. The highest BCUT2D eigenvalue weighted by Crippen LogP contribution is 2.21. The second-order valence-electron chi connectivity index (χ2n) is 5.81. The van der Waals surface area contributed by atoms with Crippen molar-refractivity contribution < 1.29 is 9.32 Å². The quantitative estimate of drug-likeness (QED) is 0.597. The van der Waals surface area contributed by atoms with Crippen molar-refractivity contribution in [2.24, 2.45) is 0 Å². The van der Waals surface area contributed by atoms with Crippen LogP contribution in [0.25, 0.3) is 22.3 Å². The second kappa shape index (κ2) is 6.24. The van der Waals surface area contributed by atoms with Crippen molar-refractivity contribution >= 4 is 16.8 Å². The van der Waals surface area contributed by atoms with Gasteiger partial charge in [0.2, 0.25) is 5.82 Å². The highest BCUT2D eigenvalue weighted by Gasteiger charge is 2.18. The van der Waals surface area contributed by atoms with Gasteiger partial charge in [-0.2, -0.15) is 4.98 Å². The molecule has 0 aliphatic rings. The van der Waals surface area contributed by atoms with Crippen LogP contribution in [0.5, 0.6) is 0 Å². The molecular weight excluding hydrogens is 316 g/mol. The Morgan fingerprint density at radius 1 is 1.16 bits per heavy atom. The molecule has 25 heavy (non-hydrogen) atoms. The maximum absolute atomic E-state index is 12.3. The molecule has 2 aromatic carbocycles. The number of carbonyl (C=O) groups excluding carboxylic acids is 1. The van der Waals surface area contributed by atoms with Crippen LogP contribution in [-0.2, 0) is 0 Å². The molecule has 0 aliphatic carbocycles. The van der Waals surface area contributed by atoms with Gasteiger partial charge in [-0.1, -0.05) is 47.6 Å². The number of aromatic nitrogens is 3. The van der Waals surface area contributed by atoms with Gasteiger partial charge in [0.15, 0.2) is 0 Å². The molecule has 0 fully saturated rings. The summed E-state index contributed by atoms with van der Waals surface area (Å²) in [6, 6.07) is 17.3. The summed E-state index contributed by atoms with van der Waals surface area (Å²) in [5, 5.41) is 7.88. The predicted molar refractivity (Wildman–Crippen MR) is 93.9 cm³/mol. The summed E-state index contributed by atoms with van der Waals surface area (Å²) in [5.41, 5.74) is 2.77. The third-order valence-corrected chi connectivity index (χ3v) is 4.08. The first-order chi connectivity index (χ1) is 12.2. The Bertz CT molecular complexity index is 1020. The summed E-state index contributed by atoms with van der Waals surface area (Å²) in [4.78, 5) is 19.7. The van der Waals surface area contributed by atoms with Crippen molar-refractivity contribution in [1.29, 1.82) is 0 Å². The first-order valence-electron chi connectivity index (χ1n) is 7.98. The van der Waals surface area contributed by atoms with E-state index in [9.17, 15) is 4.79 Å². The van der Waals surface area contributed by atoms with Gasteiger partial charge in [0.1, 0.15) is 0 Å². The summed E-state index contributed by atoms with van der Waals surface area (Å²) in [6.07, 6.45) is 1.87. The van der Waals surface area contributed by atoms with E-state index in [-0.39, 0.29) is 11.9 Å². The van der Waals surface area contributed by atoms with Crippen LogP contribution >= 0.6 is 0 Å². The van der Waals surface area contributed by atoms with Gasteiger partial charge in [-0.05, 0) is 30.0 Å². The zero-order valence-corrected chi connectivity index (χ0v) is 13.6. The highest BCUT2D eigenvalue weighted by atomic mass is 16.5. The number of carbonyl (C=O) groups is 1. The van der Waals surface area contributed by atoms with Gasteiger partial charge >= 0.3 is 11.8 Å². The Labute approximate surface area is 143 Å². The van der Waals surface area contributed by atoms with E-state index >= 15 is 0 Å². The Morgan fingerprint density at radius 2 is 2.00 bits per heavy atom. The third-order valence-electron chi connectivity index (χ3n) is 4.08. The lowest BCUT2D eigenvalue weighted by molar-refractivity contribution is 0.0895. The minimum absolute atomic E-state index is 0.0515. The fourth-order valence-electron chi connectivity index (χ4n) is 2.70. The average molecular weight is 332 g/mol. The number of nitrogens with one attached hydrogen (secondary N) is 2. The standard InChI is InChI=1S/C19H16N4O2/c1-12(13-5-3-2-4-6-13)21-18(24)19-22-17(23-25-19)15-8-7-14-9-10-20-16(14)11-15/h2-12,20H,1H3,(H,21,24)/t12-/m1/s1. The van der Waals surface area contributed by atoms with E-state index in [1.807, 2.05) is 67.7 Å². The summed E-state index contributed by atoms with van der Waals surface area (Å²) in [7, 11) is 0. The van der Waals surface area contributed by atoms with Gasteiger partial charge in [0.05, 0.1) is 6.04 Å². The minimum Gasteiger partial charge on any atom is -0.361 e. The number of fused-ring (bicyclic) bond motifs is 1. The van der Waals surface area contributed by atoms with E-state index in [0.717, 1.165) is 22.0 Å². The van der Waals surface area contributed by atoms with Crippen LogP contribution in [0.4, 0.5) is 0 Å². The van der Waals surface area contributed by atoms with Gasteiger partial charge < -0.3 is 14.8 Å². The Hall–Kier alpha value is -3.41. The summed E-state index contributed by atoms with van der Waals surface area (Å²) < 4.78 is 5.13. The fourth-order valence-corrected chi connectivity index (χ4v) is 2.70. The molecule has 0 radical (unpaired) electrons. The zero-order valence-electron chi connectivity index (χ0n) is 13.6. The fraction of sp³-hybridized carbons (Fsp3) is 0.105. The Kier molecular flexibility index (Phi) is 3.78. The molecule has 4 aromatic rings. The first kappa shape index (κ1) is 15.1. The monoisotopic (exact) mass is 332 g/mol. The van der Waals surface area contributed by atoms with Crippen LogP contribution < -0.4 is 5.32 Å². The molecule has 0 saturated heterocycles. The van der Waals surface area contributed by atoms with Crippen LogP contribution in [0.2, 0.25) is 0 Å². The van der Waals surface area contributed by atoms with E-state index in [0.29, 0.717) is 5.82 Å². The van der Waals surface area contributed by atoms with E-state index in [1.165, 1.54) is 0 Å². The molecule has 124 valence electrons. The summed E-state index contributed by atoms with van der Waals surface area (Å²) in [5.74, 6) is -0.0607. The summed E-state index contributed by atoms with van der Waals surface area (Å²) >= 11 is 0. The molecule has 1 amide bonds. The minimum atomic E-state index is -0.393. The van der Waals surface area contributed by atoms with Crippen molar-refractivity contribution in [2.75, 3.05) is 0 Å². The van der Waals surface area contributed by atoms with Crippen LogP contribution in [0.3, 0.4) is 0 Å². The van der Waals surface area contributed by atoms with E-state index < -0.39 is 5.91 Å². The molecule has 0 bridgehead atoms. The maximum Gasteiger partial charge on any atom is 0.316 e. The summed E-state index contributed by atoms with van der Waals surface area (Å²) in [6.45, 7) is 1.91. The lowest BCUT2D eigenvalue weighted by atomic mass is 10.1. The number of hydrogen-bond donors (Lipinski definition) is 2. The van der Waals surface area contributed by atoms with E-state index in [1.54, 1.807) is 0 Å². The number of amides is 1. The SMILES string of the molecule is C[C@@H](NC(=O)c1nc(-c2ccc3cc[nH]c3c2)no1)c1ccccc1. The molecule has 6 nitrogen and oxygen atoms in total. The molecule has 1 atom stereocenters. The second-order valence-corrected chi connectivity index (χ2v) is 5.81. The molecule has 2 N–H and O–H groups in total. The van der Waals surface area contributed by atoms with Crippen LogP contribution in [0.15, 0.2) is 65.3 Å². The van der Waals surface area contributed by atoms with Gasteiger partial charge in [-0.25, -0.2) is 0 Å². The number of aromatic amines is 1. The molecule has 0 unspecified atom stereocenters. The van der Waals surface area contributed by atoms with Crippen molar-refractivity contribution in [3.8, 4) is 11.4 Å². The molecule has 0 saturated carbocycles. The van der Waals surface area contributed by atoms with E-state index in [2.05, 4.69) is 20.4 Å². The molecule has 0 spiro atoms. The molecule has 4 rings (SSSR count). The van der Waals surface area contributed by atoms with Gasteiger partial charge in [0.25, 0.3) is 0 Å². The van der Waals surface area contributed by atoms with Gasteiger partial charge in [-0.15, -0.1) is 0 Å². The topological polar surface area (TPSA) is 83.8 Å². The Morgan fingerprint density at radius 3 is 2.84 bits per heavy atom. The number of hydrogen-bond acceptors (Lipinski definition) is 4. The lowest BCUT2D eigenvalue weighted by Gasteiger charge is -2.12. The molecule has 6 heteroatoms. The molecular formula is C19H16N4O2.